The first-order valence-electron chi connectivity index (χ1n) is 20.6. The van der Waals surface area contributed by atoms with Gasteiger partial charge in [-0.05, 0) is 73.3 Å². The summed E-state index contributed by atoms with van der Waals surface area (Å²) in [5.74, 6) is 0.898. The Labute approximate surface area is 348 Å². The van der Waals surface area contributed by atoms with Crippen molar-refractivity contribution in [2.45, 2.75) is 147 Å². The SMILES string of the molecule is C=C(C[C@@H](O)C[C@@H]1C[C@@H](OCOCC[Si](C)(C)C)C[C@H](c2coc(COCc3ccc(OC)cc3)n2)O1)C[C@@H](CCOC(=O)c1ccccc1)O[Si](C)(C)C(C)(C)C. The zero-order chi connectivity index (χ0) is 42.3. The Morgan fingerprint density at radius 1 is 0.966 bits per heavy atom. The van der Waals surface area contributed by atoms with Gasteiger partial charge in [-0.25, -0.2) is 9.78 Å². The van der Waals surface area contributed by atoms with Crippen molar-refractivity contribution in [3.8, 4) is 5.75 Å². The fraction of sp³-hybridized carbons (Fsp3) is 0.600. The van der Waals surface area contributed by atoms with E-state index >= 15 is 0 Å². The van der Waals surface area contributed by atoms with Crippen LogP contribution in [0.3, 0.4) is 0 Å². The molecule has 4 rings (SSSR count). The predicted molar refractivity (Wildman–Crippen MR) is 231 cm³/mol. The minimum absolute atomic E-state index is 0.00542. The predicted octanol–water partition coefficient (Wildman–Crippen LogP) is 10.0. The largest absolute Gasteiger partial charge is 0.497 e. The van der Waals surface area contributed by atoms with Crippen LogP contribution < -0.4 is 4.74 Å². The lowest BCUT2D eigenvalue weighted by atomic mass is 9.93. The maximum absolute atomic E-state index is 12.6. The van der Waals surface area contributed by atoms with E-state index in [-0.39, 0.29) is 55.4 Å². The number of oxazole rings is 1. The lowest BCUT2D eigenvalue weighted by molar-refractivity contribution is -0.161. The zero-order valence-electron chi connectivity index (χ0n) is 36.4. The molecule has 1 aliphatic heterocycles. The van der Waals surface area contributed by atoms with Crippen LogP contribution in [0.5, 0.6) is 5.75 Å². The van der Waals surface area contributed by atoms with Gasteiger partial charge in [0, 0.05) is 33.9 Å². The highest BCUT2D eigenvalue weighted by atomic mass is 28.4. The van der Waals surface area contributed by atoms with Crippen LogP contribution in [-0.2, 0) is 41.3 Å². The molecule has 13 heteroatoms. The van der Waals surface area contributed by atoms with Gasteiger partial charge in [0.2, 0.25) is 5.89 Å². The quantitative estimate of drug-likeness (QED) is 0.0304. The molecule has 0 saturated carbocycles. The molecule has 1 aliphatic rings. The van der Waals surface area contributed by atoms with Crippen molar-refractivity contribution < 1.29 is 47.2 Å². The third-order valence-electron chi connectivity index (χ3n) is 10.8. The number of nitrogens with zero attached hydrogens (tertiary/aromatic N) is 1. The number of rotatable bonds is 24. The smallest absolute Gasteiger partial charge is 0.338 e. The number of ether oxygens (including phenoxy) is 6. The monoisotopic (exact) mass is 839 g/mol. The maximum atomic E-state index is 12.6. The summed E-state index contributed by atoms with van der Waals surface area (Å²) in [6.45, 7) is 24.1. The number of aliphatic hydroxyl groups is 1. The molecule has 1 aromatic heterocycles. The first-order chi connectivity index (χ1) is 27.4. The minimum Gasteiger partial charge on any atom is -0.497 e. The summed E-state index contributed by atoms with van der Waals surface area (Å²) < 4.78 is 48.1. The van der Waals surface area contributed by atoms with E-state index in [9.17, 15) is 9.90 Å². The molecule has 1 N–H and O–H groups in total. The second kappa shape index (κ2) is 22.5. The Balaban J connectivity index is 1.35. The summed E-state index contributed by atoms with van der Waals surface area (Å²) in [5.41, 5.74) is 3.07. The summed E-state index contributed by atoms with van der Waals surface area (Å²) in [6, 6.07) is 17.8. The van der Waals surface area contributed by atoms with Gasteiger partial charge < -0.3 is 42.4 Å². The molecular formula is C45H69NO10Si2. The van der Waals surface area contributed by atoms with Crippen LogP contribution in [0, 0.1) is 0 Å². The number of hydrogen-bond donors (Lipinski definition) is 1. The molecule has 11 nitrogen and oxygen atoms in total. The molecule has 0 bridgehead atoms. The van der Waals surface area contributed by atoms with Crippen molar-refractivity contribution in [2.24, 2.45) is 0 Å². The number of esters is 1. The molecule has 0 unspecified atom stereocenters. The van der Waals surface area contributed by atoms with Crippen molar-refractivity contribution in [1.29, 1.82) is 0 Å². The lowest BCUT2D eigenvalue weighted by Gasteiger charge is -2.39. The van der Waals surface area contributed by atoms with E-state index in [1.807, 2.05) is 42.5 Å². The van der Waals surface area contributed by atoms with E-state index in [1.54, 1.807) is 25.5 Å². The van der Waals surface area contributed by atoms with E-state index in [4.69, 9.17) is 42.2 Å². The van der Waals surface area contributed by atoms with Gasteiger partial charge >= 0.3 is 5.97 Å². The molecule has 1 fully saturated rings. The summed E-state index contributed by atoms with van der Waals surface area (Å²) in [5, 5.41) is 11.4. The van der Waals surface area contributed by atoms with E-state index < -0.39 is 22.5 Å². The van der Waals surface area contributed by atoms with Gasteiger partial charge in [-0.3, -0.25) is 0 Å². The minimum atomic E-state index is -2.16. The normalized spacial score (nSPS) is 18.8. The maximum Gasteiger partial charge on any atom is 0.338 e. The first kappa shape index (κ1) is 47.5. The van der Waals surface area contributed by atoms with Crippen molar-refractivity contribution in [3.05, 3.63) is 95.7 Å². The molecule has 0 amide bonds. The molecule has 58 heavy (non-hydrogen) atoms. The molecule has 2 heterocycles. The van der Waals surface area contributed by atoms with Gasteiger partial charge in [-0.15, -0.1) is 0 Å². The molecule has 322 valence electrons. The van der Waals surface area contributed by atoms with Gasteiger partial charge in [-0.2, -0.15) is 0 Å². The Bertz CT molecular complexity index is 1670. The molecule has 3 aromatic rings. The van der Waals surface area contributed by atoms with E-state index in [1.165, 1.54) is 0 Å². The molecule has 0 spiro atoms. The third-order valence-corrected chi connectivity index (χ3v) is 17.1. The zero-order valence-corrected chi connectivity index (χ0v) is 38.4. The Morgan fingerprint density at radius 3 is 2.36 bits per heavy atom. The highest BCUT2D eigenvalue weighted by Gasteiger charge is 2.39. The van der Waals surface area contributed by atoms with Gasteiger partial charge in [0.05, 0.1) is 50.3 Å². The molecule has 0 radical (unpaired) electrons. The van der Waals surface area contributed by atoms with Crippen molar-refractivity contribution in [2.75, 3.05) is 27.1 Å². The van der Waals surface area contributed by atoms with Crippen LogP contribution in [0.25, 0.3) is 0 Å². The Morgan fingerprint density at radius 2 is 1.69 bits per heavy atom. The molecular weight excluding hydrogens is 771 g/mol. The number of methoxy groups -OCH3 is 1. The summed E-state index contributed by atoms with van der Waals surface area (Å²) in [7, 11) is -1.75. The molecule has 1 saturated heterocycles. The highest BCUT2D eigenvalue weighted by molar-refractivity contribution is 6.76. The van der Waals surface area contributed by atoms with Gasteiger partial charge in [0.1, 0.15) is 37.2 Å². The topological polar surface area (TPSA) is 128 Å². The van der Waals surface area contributed by atoms with Gasteiger partial charge in [-0.1, -0.05) is 82.9 Å². The summed E-state index contributed by atoms with van der Waals surface area (Å²) >= 11 is 0. The van der Waals surface area contributed by atoms with E-state index in [2.05, 4.69) is 60.1 Å². The first-order valence-corrected chi connectivity index (χ1v) is 27.3. The van der Waals surface area contributed by atoms with Crippen molar-refractivity contribution in [3.63, 3.8) is 0 Å². The summed E-state index contributed by atoms with van der Waals surface area (Å²) in [6.07, 6.45) is 2.92. The van der Waals surface area contributed by atoms with E-state index in [0.29, 0.717) is 68.9 Å². The van der Waals surface area contributed by atoms with Gasteiger partial charge in [0.15, 0.2) is 8.32 Å². The number of carbonyl (C=O) groups is 1. The highest BCUT2D eigenvalue weighted by Crippen LogP contribution is 2.39. The average Bonchev–Trinajstić information content (AvgIpc) is 3.63. The van der Waals surface area contributed by atoms with Crippen LogP contribution in [0.4, 0.5) is 0 Å². The number of aromatic nitrogens is 1. The second-order valence-electron chi connectivity index (χ2n) is 18.2. The fourth-order valence-electron chi connectivity index (χ4n) is 6.41. The van der Waals surface area contributed by atoms with E-state index in [0.717, 1.165) is 22.9 Å². The molecule has 2 aromatic carbocycles. The van der Waals surface area contributed by atoms with Crippen molar-refractivity contribution in [1.82, 2.24) is 4.98 Å². The second-order valence-corrected chi connectivity index (χ2v) is 28.6. The van der Waals surface area contributed by atoms with Crippen LogP contribution in [0.1, 0.15) is 92.9 Å². The van der Waals surface area contributed by atoms with Crippen LogP contribution in [0.2, 0.25) is 43.8 Å². The standard InChI is InChI=1S/C45H69NO10Si2/c1-33(25-38(56-58(9,10)45(2,3)4)20-21-52-44(48)35-14-12-11-13-15-35)24-36(47)26-40-27-39(54-32-50-22-23-57(6,7)8)28-42(55-40)41-30-53-43(46-41)31-51-29-34-16-18-37(49-5)19-17-34/h11-19,30,36,38-40,42,47H,1,20-29,31-32H2,2-10H3/t36-,38-,39-,40-,42-/m1/s1. The fourth-order valence-corrected chi connectivity index (χ4v) is 8.56. The molecule has 0 aliphatic carbocycles. The van der Waals surface area contributed by atoms with Crippen LogP contribution in [0.15, 0.2) is 77.4 Å². The summed E-state index contributed by atoms with van der Waals surface area (Å²) in [4.78, 5) is 17.4. The third kappa shape index (κ3) is 16.5. The Kier molecular flexibility index (Phi) is 18.4. The van der Waals surface area contributed by atoms with Gasteiger partial charge in [0.25, 0.3) is 0 Å². The average molecular weight is 840 g/mol. The Hall–Kier alpha value is -3.15. The number of carbonyl (C=O) groups excluding carboxylic acids is 1. The number of hydrogen-bond acceptors (Lipinski definition) is 11. The van der Waals surface area contributed by atoms with Crippen molar-refractivity contribution >= 4 is 22.4 Å². The number of aliphatic hydroxyl groups excluding tert-OH is 1. The molecule has 5 atom stereocenters. The lowest BCUT2D eigenvalue weighted by Crippen LogP contribution is -2.44. The van der Waals surface area contributed by atoms with Crippen LogP contribution in [-0.4, -0.2) is 84.0 Å². The van der Waals surface area contributed by atoms with Crippen LogP contribution >= 0.6 is 0 Å². The number of benzene rings is 2.